The number of phenolic OH excluding ortho intramolecular Hbond substituents is 6. The predicted octanol–water partition coefficient (Wildman–Crippen LogP) is -2.64. The zero-order chi connectivity index (χ0) is 27.9. The van der Waals surface area contributed by atoms with Crippen molar-refractivity contribution in [2.45, 2.75) is 30.0 Å². The molecule has 5 atom stereocenters. The van der Waals surface area contributed by atoms with Crippen LogP contribution in [0.2, 0.25) is 0 Å². The van der Waals surface area contributed by atoms with Crippen LogP contribution in [0, 0.1) is 0 Å². The number of hydrogen-bond donors (Lipinski definition) is 11. The maximum Gasteiger partial charge on any atom is 0.200 e. The van der Waals surface area contributed by atoms with E-state index in [9.17, 15) is 70.6 Å². The quantitative estimate of drug-likeness (QED) is 0.0982. The first-order chi connectivity index (χ1) is 16.5. The number of carbonyl (C=O) groups excluding carboxylic acids is 3. The Kier molecular flexibility index (Phi) is 6.49. The summed E-state index contributed by atoms with van der Waals surface area (Å²) in [5.74, 6) is -11.2. The van der Waals surface area contributed by atoms with Crippen LogP contribution < -0.4 is 0 Å². The number of rotatable bonds is 9. The first kappa shape index (κ1) is 23.2. The molecular formula is C20H20O14. The largest absolute Gasteiger partial charge is 0.504 e. The average molecular weight is 486 g/mol. The van der Waals surface area contributed by atoms with Crippen molar-refractivity contribution in [1.29, 1.82) is 0 Å². The van der Waals surface area contributed by atoms with Crippen LogP contribution in [0.3, 0.4) is 0 Å². The third-order valence-electron chi connectivity index (χ3n) is 4.82. The molecule has 184 valence electrons. The van der Waals surface area contributed by atoms with E-state index in [1.807, 2.05) is 0 Å². The summed E-state index contributed by atoms with van der Waals surface area (Å²) in [4.78, 5) is 36.7. The van der Waals surface area contributed by atoms with E-state index in [4.69, 9.17) is 2.74 Å². The Balaban J connectivity index is 2.56. The molecule has 11 N–H and O–H groups in total. The van der Waals surface area contributed by atoms with E-state index in [1.165, 1.54) is 0 Å². The molecule has 0 aliphatic heterocycles. The van der Waals surface area contributed by atoms with Gasteiger partial charge in [0.25, 0.3) is 0 Å². The van der Waals surface area contributed by atoms with Crippen molar-refractivity contribution < 1.29 is 73.3 Å². The molecule has 0 heterocycles. The molecule has 34 heavy (non-hydrogen) atoms. The van der Waals surface area contributed by atoms with E-state index in [2.05, 4.69) is 0 Å². The number of aliphatic hydroxyl groups excluding tert-OH is 4. The molecule has 2 rings (SSSR count). The highest BCUT2D eigenvalue weighted by molar-refractivity contribution is 6.06. The van der Waals surface area contributed by atoms with Gasteiger partial charge in [0, 0.05) is 11.1 Å². The van der Waals surface area contributed by atoms with Crippen LogP contribution in [-0.2, 0) is 4.79 Å². The Hall–Kier alpha value is -3.95. The van der Waals surface area contributed by atoms with Gasteiger partial charge in [-0.1, -0.05) is 0 Å². The second-order valence-electron chi connectivity index (χ2n) is 7.01. The van der Waals surface area contributed by atoms with E-state index >= 15 is 0 Å². The van der Waals surface area contributed by atoms with E-state index in [0.29, 0.717) is 12.1 Å². The molecule has 0 radical (unpaired) electrons. The Morgan fingerprint density at radius 2 is 1.26 bits per heavy atom. The molecule has 0 amide bonds. The van der Waals surface area contributed by atoms with Gasteiger partial charge in [-0.3, -0.25) is 9.59 Å². The lowest BCUT2D eigenvalue weighted by Crippen LogP contribution is -2.64. The fraction of sp³-hybridized carbons (Fsp3) is 0.250. The molecule has 0 fully saturated rings. The van der Waals surface area contributed by atoms with Crippen molar-refractivity contribution in [3.63, 3.8) is 0 Å². The van der Waals surface area contributed by atoms with Crippen LogP contribution in [0.15, 0.2) is 24.2 Å². The fourth-order valence-electron chi connectivity index (χ4n) is 2.86. The third-order valence-corrected chi connectivity index (χ3v) is 4.82. The molecule has 0 aliphatic rings. The van der Waals surface area contributed by atoms with Crippen molar-refractivity contribution in [1.82, 2.24) is 0 Å². The molecule has 0 saturated heterocycles. The molecule has 0 spiro atoms. The highest BCUT2D eigenvalue weighted by atomic mass is 16.4. The van der Waals surface area contributed by atoms with Gasteiger partial charge in [-0.05, 0) is 24.2 Å². The number of benzene rings is 2. The second kappa shape index (κ2) is 9.50. The standard InChI is InChI=1S/C20H20O14/c21-5-12(26)20(34,18(32)7-3-10(24)15(29)11(25)4-7)19(33)17(31)16(30)13(27)6-1-8(22)14(28)9(23)2-6/h1-5,12,16-17,19,22-26,28-31,33-34H/t12-,16?,17+,19+,20-/m0/s1/i1D,3D. The Morgan fingerprint density at radius 1 is 0.824 bits per heavy atom. The third kappa shape index (κ3) is 4.43. The van der Waals surface area contributed by atoms with Gasteiger partial charge >= 0.3 is 0 Å². The van der Waals surface area contributed by atoms with Crippen LogP contribution >= 0.6 is 0 Å². The van der Waals surface area contributed by atoms with Crippen LogP contribution in [0.4, 0.5) is 0 Å². The van der Waals surface area contributed by atoms with Gasteiger partial charge in [-0.2, -0.15) is 0 Å². The smallest absolute Gasteiger partial charge is 0.200 e. The number of carbonyl (C=O) groups is 3. The van der Waals surface area contributed by atoms with Gasteiger partial charge in [0.15, 0.2) is 52.2 Å². The predicted molar refractivity (Wildman–Crippen MR) is 107 cm³/mol. The monoisotopic (exact) mass is 486 g/mol. The van der Waals surface area contributed by atoms with Crippen LogP contribution in [0.1, 0.15) is 23.5 Å². The van der Waals surface area contributed by atoms with Gasteiger partial charge in [-0.15, -0.1) is 0 Å². The summed E-state index contributed by atoms with van der Waals surface area (Å²) in [7, 11) is 0. The van der Waals surface area contributed by atoms with Crippen molar-refractivity contribution >= 4 is 17.9 Å². The molecule has 0 bridgehead atoms. The summed E-state index contributed by atoms with van der Waals surface area (Å²) >= 11 is 0. The van der Waals surface area contributed by atoms with Gasteiger partial charge < -0.3 is 61.0 Å². The van der Waals surface area contributed by atoms with E-state index in [-0.39, 0.29) is 0 Å². The van der Waals surface area contributed by atoms with Crippen LogP contribution in [-0.4, -0.2) is 104 Å². The Bertz CT molecular complexity index is 1230. The highest BCUT2D eigenvalue weighted by Crippen LogP contribution is 2.38. The van der Waals surface area contributed by atoms with Crippen molar-refractivity contribution in [3.8, 4) is 34.5 Å². The second-order valence-corrected chi connectivity index (χ2v) is 7.01. The van der Waals surface area contributed by atoms with Crippen LogP contribution in [0.25, 0.3) is 0 Å². The normalized spacial score (nSPS) is 17.4. The lowest BCUT2D eigenvalue weighted by molar-refractivity contribution is -0.166. The summed E-state index contributed by atoms with van der Waals surface area (Å²) < 4.78 is 15.3. The summed E-state index contributed by atoms with van der Waals surface area (Å²) in [6.07, 6.45) is -12.4. The molecule has 14 heteroatoms. The maximum absolute atomic E-state index is 12.9. The molecule has 2 aromatic carbocycles. The van der Waals surface area contributed by atoms with Crippen molar-refractivity contribution in [2.24, 2.45) is 0 Å². The minimum absolute atomic E-state index is 0.303. The number of Topliss-reactive ketones (excluding diaryl/α,β-unsaturated/α-hetero) is 2. The number of aldehydes is 1. The molecule has 14 nitrogen and oxygen atoms in total. The van der Waals surface area contributed by atoms with Crippen LogP contribution in [0.5, 0.6) is 34.5 Å². The summed E-state index contributed by atoms with van der Waals surface area (Å²) in [6, 6.07) is -1.71. The number of ketones is 2. The molecule has 0 saturated carbocycles. The molecule has 2 aromatic rings. The minimum atomic E-state index is -3.85. The Morgan fingerprint density at radius 3 is 1.74 bits per heavy atom. The minimum Gasteiger partial charge on any atom is -0.504 e. The summed E-state index contributed by atoms with van der Waals surface area (Å²) in [5, 5.41) is 109. The van der Waals surface area contributed by atoms with Gasteiger partial charge in [0.05, 0.1) is 2.74 Å². The average Bonchev–Trinajstić information content (AvgIpc) is 2.86. The lowest BCUT2D eigenvalue weighted by atomic mass is 9.79. The molecule has 1 unspecified atom stereocenters. The fourth-order valence-corrected chi connectivity index (χ4v) is 2.86. The van der Waals surface area contributed by atoms with Gasteiger partial charge in [-0.25, -0.2) is 0 Å². The van der Waals surface area contributed by atoms with Crippen molar-refractivity contribution in [3.05, 3.63) is 35.3 Å². The first-order valence-electron chi connectivity index (χ1n) is 10.0. The van der Waals surface area contributed by atoms with E-state index in [0.717, 1.165) is 0 Å². The summed E-state index contributed by atoms with van der Waals surface area (Å²) in [5.41, 5.74) is -6.06. The number of phenols is 6. The zero-order valence-corrected chi connectivity index (χ0v) is 16.7. The zero-order valence-electron chi connectivity index (χ0n) is 18.7. The number of aromatic hydroxyl groups is 6. The number of hydrogen-bond acceptors (Lipinski definition) is 14. The molecule has 0 aliphatic carbocycles. The highest BCUT2D eigenvalue weighted by Gasteiger charge is 2.54. The maximum atomic E-state index is 12.9. The number of aliphatic hydroxyl groups is 5. The van der Waals surface area contributed by atoms with E-state index < -0.39 is 106 Å². The van der Waals surface area contributed by atoms with E-state index in [1.54, 1.807) is 0 Å². The van der Waals surface area contributed by atoms with Gasteiger partial charge in [0.1, 0.15) is 24.4 Å². The molecule has 0 aromatic heterocycles. The van der Waals surface area contributed by atoms with Crippen molar-refractivity contribution in [2.75, 3.05) is 0 Å². The summed E-state index contributed by atoms with van der Waals surface area (Å²) in [6.45, 7) is 0. The van der Waals surface area contributed by atoms with Gasteiger partial charge in [0.2, 0.25) is 5.78 Å². The lowest BCUT2D eigenvalue weighted by Gasteiger charge is -2.36. The SMILES string of the molecule is [2H]c1c(C(=O)C(O)[C@@H](O)[C@@H](O)[C@@](O)(C(=O)c2cc(O)c(O)c(O)c2[2H])[C@@H](O)C=O)cc(O)c(O)c1O. The first-order valence-corrected chi connectivity index (χ1v) is 9.01. The Labute approximate surface area is 191 Å². The molecular weight excluding hydrogens is 464 g/mol. The topological polar surface area (TPSA) is 274 Å².